The van der Waals surface area contributed by atoms with E-state index in [0.717, 1.165) is 23.9 Å². The van der Waals surface area contributed by atoms with E-state index in [4.69, 9.17) is 11.6 Å². The summed E-state index contributed by atoms with van der Waals surface area (Å²) in [6, 6.07) is 6.19. The molecule has 1 aromatic rings. The Balaban J connectivity index is 1.77. The molecule has 0 aliphatic carbocycles. The third-order valence-electron chi connectivity index (χ3n) is 4.19. The third-order valence-corrected chi connectivity index (χ3v) is 5.29. The molecule has 2 bridgehead atoms. The molecule has 2 heterocycles. The van der Waals surface area contributed by atoms with E-state index >= 15 is 0 Å². The van der Waals surface area contributed by atoms with Gasteiger partial charge in [0.05, 0.1) is 0 Å². The zero-order valence-electron chi connectivity index (χ0n) is 10.1. The van der Waals surface area contributed by atoms with Gasteiger partial charge in [0.25, 0.3) is 0 Å². The van der Waals surface area contributed by atoms with Gasteiger partial charge in [0.1, 0.15) is 5.82 Å². The molecule has 0 saturated carbocycles. The van der Waals surface area contributed by atoms with Crippen molar-refractivity contribution in [2.45, 2.75) is 49.7 Å². The minimum absolute atomic E-state index is 0.187. The minimum atomic E-state index is -0.187. The first kappa shape index (κ1) is 12.9. The summed E-state index contributed by atoms with van der Waals surface area (Å²) in [6.45, 7) is 0.903. The van der Waals surface area contributed by atoms with Gasteiger partial charge >= 0.3 is 0 Å². The van der Waals surface area contributed by atoms with Crippen LogP contribution >= 0.6 is 27.5 Å². The minimum Gasteiger partial charge on any atom is -0.293 e. The standard InChI is InChI=1S/C14H16BrClFN/c15-14-7-11(17)2-1-9(14)8-18-12-3-4-13(18)6-10(16)5-12/h1-2,7,10,12-13H,3-6,8H2. The van der Waals surface area contributed by atoms with Gasteiger partial charge < -0.3 is 0 Å². The summed E-state index contributed by atoms with van der Waals surface area (Å²) in [5.41, 5.74) is 1.17. The first-order valence-electron chi connectivity index (χ1n) is 6.47. The van der Waals surface area contributed by atoms with Crippen LogP contribution in [0.5, 0.6) is 0 Å². The van der Waals surface area contributed by atoms with Crippen molar-refractivity contribution in [2.24, 2.45) is 0 Å². The van der Waals surface area contributed by atoms with E-state index < -0.39 is 0 Å². The van der Waals surface area contributed by atoms with Gasteiger partial charge in [-0.05, 0) is 43.4 Å². The molecule has 2 aliphatic rings. The molecule has 3 rings (SSSR count). The SMILES string of the molecule is Fc1ccc(CN2C3CCC2CC(Cl)C3)c(Br)c1. The van der Waals surface area contributed by atoms with E-state index in [2.05, 4.69) is 20.8 Å². The quantitative estimate of drug-likeness (QED) is 0.729. The van der Waals surface area contributed by atoms with Crippen molar-refractivity contribution in [3.8, 4) is 0 Å². The van der Waals surface area contributed by atoms with Gasteiger partial charge in [0.15, 0.2) is 0 Å². The Morgan fingerprint density at radius 1 is 1.28 bits per heavy atom. The average Bonchev–Trinajstić information content (AvgIpc) is 2.56. The van der Waals surface area contributed by atoms with Crippen LogP contribution in [0.15, 0.2) is 22.7 Å². The molecule has 2 aliphatic heterocycles. The fourth-order valence-electron chi connectivity index (χ4n) is 3.31. The number of piperidine rings is 1. The third kappa shape index (κ3) is 2.45. The van der Waals surface area contributed by atoms with Gasteiger partial charge in [-0.25, -0.2) is 4.39 Å². The van der Waals surface area contributed by atoms with Crippen molar-refractivity contribution in [3.05, 3.63) is 34.1 Å². The molecule has 2 atom stereocenters. The number of alkyl halides is 1. The number of benzene rings is 1. The number of hydrogen-bond donors (Lipinski definition) is 0. The Labute approximate surface area is 120 Å². The van der Waals surface area contributed by atoms with Crippen molar-refractivity contribution in [3.63, 3.8) is 0 Å². The van der Waals surface area contributed by atoms with Crippen molar-refractivity contribution < 1.29 is 4.39 Å². The lowest BCUT2D eigenvalue weighted by atomic mass is 10.0. The maximum absolute atomic E-state index is 13.1. The lowest BCUT2D eigenvalue weighted by molar-refractivity contribution is 0.134. The Hall–Kier alpha value is -0.120. The number of fused-ring (bicyclic) bond motifs is 2. The fourth-order valence-corrected chi connectivity index (χ4v) is 4.20. The Morgan fingerprint density at radius 2 is 1.94 bits per heavy atom. The van der Waals surface area contributed by atoms with Crippen LogP contribution in [0.3, 0.4) is 0 Å². The highest BCUT2D eigenvalue weighted by Crippen LogP contribution is 2.39. The molecule has 18 heavy (non-hydrogen) atoms. The van der Waals surface area contributed by atoms with E-state index in [0.29, 0.717) is 17.5 Å². The molecule has 0 spiro atoms. The summed E-state index contributed by atoms with van der Waals surface area (Å²) in [5.74, 6) is -0.187. The summed E-state index contributed by atoms with van der Waals surface area (Å²) >= 11 is 9.73. The zero-order valence-corrected chi connectivity index (χ0v) is 12.4. The maximum Gasteiger partial charge on any atom is 0.124 e. The summed E-state index contributed by atoms with van der Waals surface area (Å²) in [4.78, 5) is 2.55. The first-order chi connectivity index (χ1) is 8.63. The number of halogens is 3. The fraction of sp³-hybridized carbons (Fsp3) is 0.571. The van der Waals surface area contributed by atoms with Crippen molar-refractivity contribution in [2.75, 3.05) is 0 Å². The van der Waals surface area contributed by atoms with Gasteiger partial charge in [0.2, 0.25) is 0 Å². The van der Waals surface area contributed by atoms with E-state index in [9.17, 15) is 4.39 Å². The predicted octanol–water partition coefficient (Wildman–Crippen LogP) is 4.32. The largest absolute Gasteiger partial charge is 0.293 e. The van der Waals surface area contributed by atoms with Crippen molar-refractivity contribution >= 4 is 27.5 Å². The second-order valence-corrected chi connectivity index (χ2v) is 6.83. The Morgan fingerprint density at radius 3 is 2.56 bits per heavy atom. The molecule has 2 unspecified atom stereocenters. The van der Waals surface area contributed by atoms with E-state index in [1.165, 1.54) is 24.5 Å². The Bertz CT molecular complexity index is 439. The van der Waals surface area contributed by atoms with E-state index in [1.54, 1.807) is 6.07 Å². The molecule has 4 heteroatoms. The average molecular weight is 333 g/mol. The second-order valence-electron chi connectivity index (χ2n) is 5.36. The monoisotopic (exact) mass is 331 g/mol. The highest BCUT2D eigenvalue weighted by Gasteiger charge is 2.39. The van der Waals surface area contributed by atoms with Crippen LogP contribution in [-0.2, 0) is 6.54 Å². The summed E-state index contributed by atoms with van der Waals surface area (Å²) in [7, 11) is 0. The zero-order chi connectivity index (χ0) is 12.7. The topological polar surface area (TPSA) is 3.24 Å². The van der Waals surface area contributed by atoms with Gasteiger partial charge in [0, 0.05) is 28.5 Å². The van der Waals surface area contributed by atoms with Gasteiger partial charge in [-0.2, -0.15) is 0 Å². The number of rotatable bonds is 2. The number of hydrogen-bond acceptors (Lipinski definition) is 1. The molecule has 98 valence electrons. The van der Waals surface area contributed by atoms with E-state index in [-0.39, 0.29) is 5.82 Å². The van der Waals surface area contributed by atoms with Gasteiger partial charge in [-0.1, -0.05) is 22.0 Å². The normalized spacial score (nSPS) is 31.8. The van der Waals surface area contributed by atoms with Crippen LogP contribution in [-0.4, -0.2) is 22.4 Å². The van der Waals surface area contributed by atoms with Crippen LogP contribution in [0, 0.1) is 5.82 Å². The highest BCUT2D eigenvalue weighted by molar-refractivity contribution is 9.10. The van der Waals surface area contributed by atoms with Crippen LogP contribution < -0.4 is 0 Å². The van der Waals surface area contributed by atoms with Crippen LogP contribution in [0.2, 0.25) is 0 Å². The highest BCUT2D eigenvalue weighted by atomic mass is 79.9. The molecule has 2 saturated heterocycles. The van der Waals surface area contributed by atoms with E-state index in [1.807, 2.05) is 6.07 Å². The molecule has 0 N–H and O–H groups in total. The summed E-state index contributed by atoms with van der Waals surface area (Å²) in [6.07, 6.45) is 4.70. The summed E-state index contributed by atoms with van der Waals surface area (Å²) < 4.78 is 14.0. The second kappa shape index (κ2) is 5.10. The molecule has 0 aromatic heterocycles. The lowest BCUT2D eigenvalue weighted by Crippen LogP contribution is -2.42. The maximum atomic E-state index is 13.1. The van der Waals surface area contributed by atoms with Crippen LogP contribution in [0.1, 0.15) is 31.2 Å². The Kier molecular flexibility index (Phi) is 3.65. The first-order valence-corrected chi connectivity index (χ1v) is 7.70. The summed E-state index contributed by atoms with van der Waals surface area (Å²) in [5, 5.41) is 0.343. The smallest absolute Gasteiger partial charge is 0.124 e. The molecule has 0 radical (unpaired) electrons. The van der Waals surface area contributed by atoms with Gasteiger partial charge in [-0.3, -0.25) is 4.90 Å². The molecular weight excluding hydrogens is 317 g/mol. The number of nitrogens with zero attached hydrogens (tertiary/aromatic N) is 1. The molecule has 1 nitrogen and oxygen atoms in total. The van der Waals surface area contributed by atoms with Gasteiger partial charge in [-0.15, -0.1) is 11.6 Å². The molecule has 1 aromatic carbocycles. The van der Waals surface area contributed by atoms with Crippen LogP contribution in [0.25, 0.3) is 0 Å². The molecular formula is C14H16BrClFN. The molecule has 2 fully saturated rings. The molecule has 0 amide bonds. The van der Waals surface area contributed by atoms with Crippen LogP contribution in [0.4, 0.5) is 4.39 Å². The predicted molar refractivity (Wildman–Crippen MR) is 75.3 cm³/mol. The van der Waals surface area contributed by atoms with Crippen molar-refractivity contribution in [1.29, 1.82) is 0 Å². The lowest BCUT2D eigenvalue weighted by Gasteiger charge is -2.37. The van der Waals surface area contributed by atoms with Crippen molar-refractivity contribution in [1.82, 2.24) is 4.90 Å².